The van der Waals surface area contributed by atoms with Crippen molar-refractivity contribution in [1.29, 1.82) is 0 Å². The van der Waals surface area contributed by atoms with Crippen molar-refractivity contribution in [2.75, 3.05) is 11.1 Å². The summed E-state index contributed by atoms with van der Waals surface area (Å²) in [6, 6.07) is 1.49. The maximum Gasteiger partial charge on any atom is 0.400 e. The molecule has 5 nitrogen and oxygen atoms in total. The predicted molar refractivity (Wildman–Crippen MR) is 77.0 cm³/mol. The van der Waals surface area contributed by atoms with Crippen LogP contribution in [-0.2, 0) is 21.0 Å². The van der Waals surface area contributed by atoms with Crippen LogP contribution in [0.3, 0.4) is 0 Å². The van der Waals surface area contributed by atoms with Crippen molar-refractivity contribution in [2.45, 2.75) is 51.0 Å². The van der Waals surface area contributed by atoms with Gasteiger partial charge in [0.1, 0.15) is 16.3 Å². The number of alkyl halides is 3. The highest BCUT2D eigenvalue weighted by Crippen LogP contribution is 2.26. The molecule has 0 fully saturated rings. The molecule has 0 saturated heterocycles. The van der Waals surface area contributed by atoms with Gasteiger partial charge in [-0.2, -0.15) is 13.2 Å². The van der Waals surface area contributed by atoms with E-state index in [0.717, 1.165) is 0 Å². The quantitative estimate of drug-likeness (QED) is 0.914. The first-order valence-electron chi connectivity index (χ1n) is 6.47. The number of carbonyl (C=O) groups excluding carboxylic acids is 1. The van der Waals surface area contributed by atoms with E-state index in [2.05, 4.69) is 10.5 Å². The van der Waals surface area contributed by atoms with E-state index < -0.39 is 33.4 Å². The van der Waals surface area contributed by atoms with Crippen LogP contribution in [0, 0.1) is 0 Å². The average Bonchev–Trinajstić information content (AvgIpc) is 2.74. The van der Waals surface area contributed by atoms with Crippen LogP contribution in [0.5, 0.6) is 0 Å². The monoisotopic (exact) mass is 340 g/mol. The number of rotatable bonds is 4. The first kappa shape index (κ1) is 18.7. The molecule has 1 unspecified atom stereocenters. The van der Waals surface area contributed by atoms with Crippen molar-refractivity contribution < 1.29 is 26.7 Å². The van der Waals surface area contributed by atoms with Crippen molar-refractivity contribution in [3.05, 3.63) is 11.8 Å². The Hall–Kier alpha value is -1.38. The van der Waals surface area contributed by atoms with Crippen molar-refractivity contribution >= 4 is 22.5 Å². The van der Waals surface area contributed by atoms with E-state index in [1.165, 1.54) is 19.9 Å². The molecule has 0 spiro atoms. The van der Waals surface area contributed by atoms with Crippen LogP contribution in [-0.4, -0.2) is 31.9 Å². The zero-order valence-electron chi connectivity index (χ0n) is 13.0. The minimum Gasteiger partial charge on any atom is -0.359 e. The number of hydrogen-bond acceptors (Lipinski definition) is 4. The summed E-state index contributed by atoms with van der Waals surface area (Å²) in [7, 11) is -2.41. The van der Waals surface area contributed by atoms with Gasteiger partial charge in [-0.3, -0.25) is 9.00 Å². The fourth-order valence-electron chi connectivity index (χ4n) is 1.39. The Labute approximate surface area is 129 Å². The summed E-state index contributed by atoms with van der Waals surface area (Å²) >= 11 is 0. The number of halogens is 3. The van der Waals surface area contributed by atoms with Gasteiger partial charge in [-0.15, -0.1) is 0 Å². The number of hydrogen-bond donors (Lipinski definition) is 1. The summed E-state index contributed by atoms with van der Waals surface area (Å²) in [6.07, 6.45) is -4.60. The summed E-state index contributed by atoms with van der Waals surface area (Å²) in [5.41, 5.74) is -0.329. The number of aromatic nitrogens is 1. The fourth-order valence-corrected chi connectivity index (χ4v) is 2.30. The smallest absolute Gasteiger partial charge is 0.359 e. The summed E-state index contributed by atoms with van der Waals surface area (Å²) in [4.78, 5) is 12.1. The van der Waals surface area contributed by atoms with Crippen LogP contribution in [0.25, 0.3) is 0 Å². The molecule has 0 radical (unpaired) electrons. The van der Waals surface area contributed by atoms with Gasteiger partial charge < -0.3 is 9.84 Å². The lowest BCUT2D eigenvalue weighted by Crippen LogP contribution is -2.44. The molecule has 0 aliphatic heterocycles. The summed E-state index contributed by atoms with van der Waals surface area (Å²) < 4.78 is 52.0. The van der Waals surface area contributed by atoms with Gasteiger partial charge in [0.25, 0.3) is 0 Å². The Kier molecular flexibility index (Phi) is 5.11. The Balaban J connectivity index is 2.83. The Morgan fingerprint density at radius 2 is 1.82 bits per heavy atom. The third kappa shape index (κ3) is 4.82. The Morgan fingerprint density at radius 3 is 2.23 bits per heavy atom. The normalized spacial score (nSPS) is 14.7. The largest absolute Gasteiger partial charge is 0.400 e. The van der Waals surface area contributed by atoms with Crippen LogP contribution in [0.1, 0.15) is 40.4 Å². The second-order valence-electron chi connectivity index (χ2n) is 6.40. The zero-order chi connectivity index (χ0) is 17.3. The molecule has 0 bridgehead atoms. The van der Waals surface area contributed by atoms with Crippen LogP contribution in [0.4, 0.5) is 19.0 Å². The van der Waals surface area contributed by atoms with Crippen molar-refractivity contribution in [2.24, 2.45) is 0 Å². The molecule has 1 atom stereocenters. The maximum absolute atomic E-state index is 12.3. The Morgan fingerprint density at radius 1 is 1.27 bits per heavy atom. The van der Waals surface area contributed by atoms with Gasteiger partial charge in [-0.1, -0.05) is 25.9 Å². The van der Waals surface area contributed by atoms with E-state index in [4.69, 9.17) is 4.52 Å². The first-order valence-corrected chi connectivity index (χ1v) is 7.79. The standard InChI is InChI=1S/C13H19F3N2O3S/c1-11(2,3)8-6-9(18-21-8)17-10(19)12(4,5)22(20)7-13(14,15)16/h6H,7H2,1-5H3,(H,17,18,19). The molecular weight excluding hydrogens is 321 g/mol. The van der Waals surface area contributed by atoms with Crippen LogP contribution in [0.15, 0.2) is 10.6 Å². The van der Waals surface area contributed by atoms with Crippen LogP contribution < -0.4 is 5.32 Å². The van der Waals surface area contributed by atoms with E-state index in [1.54, 1.807) is 0 Å². The minimum atomic E-state index is -4.60. The average molecular weight is 340 g/mol. The van der Waals surface area contributed by atoms with Crippen molar-refractivity contribution in [3.8, 4) is 0 Å². The van der Waals surface area contributed by atoms with E-state index in [-0.39, 0.29) is 11.2 Å². The van der Waals surface area contributed by atoms with Gasteiger partial charge >= 0.3 is 6.18 Å². The predicted octanol–water partition coefficient (Wildman–Crippen LogP) is 3.00. The first-order chi connectivity index (χ1) is 9.73. The molecule has 126 valence electrons. The molecule has 22 heavy (non-hydrogen) atoms. The van der Waals surface area contributed by atoms with Gasteiger partial charge in [-0.05, 0) is 13.8 Å². The third-order valence-corrected chi connectivity index (χ3v) is 4.81. The molecule has 1 aromatic rings. The van der Waals surface area contributed by atoms with Gasteiger partial charge in [0.15, 0.2) is 5.82 Å². The molecule has 0 aromatic carbocycles. The van der Waals surface area contributed by atoms with Crippen LogP contribution in [0.2, 0.25) is 0 Å². The summed E-state index contributed by atoms with van der Waals surface area (Å²) in [5.74, 6) is -1.77. The lowest BCUT2D eigenvalue weighted by Gasteiger charge is -2.22. The van der Waals surface area contributed by atoms with Crippen molar-refractivity contribution in [3.63, 3.8) is 0 Å². The van der Waals surface area contributed by atoms with Gasteiger partial charge in [0.2, 0.25) is 5.91 Å². The van der Waals surface area contributed by atoms with Crippen LogP contribution >= 0.6 is 0 Å². The number of nitrogens with one attached hydrogen (secondary N) is 1. The summed E-state index contributed by atoms with van der Waals surface area (Å²) in [5, 5.41) is 5.98. The molecule has 1 aromatic heterocycles. The molecule has 0 saturated carbocycles. The SMILES string of the molecule is CC(C)(C)c1cc(NC(=O)C(C)(C)S(=O)CC(F)(F)F)no1. The lowest BCUT2D eigenvalue weighted by atomic mass is 9.93. The molecule has 1 amide bonds. The summed E-state index contributed by atoms with van der Waals surface area (Å²) in [6.45, 7) is 8.01. The maximum atomic E-state index is 12.3. The van der Waals surface area contributed by atoms with Gasteiger partial charge in [0.05, 0.1) is 0 Å². The highest BCUT2D eigenvalue weighted by Gasteiger charge is 2.41. The molecule has 1 N–H and O–H groups in total. The van der Waals surface area contributed by atoms with E-state index in [9.17, 15) is 22.2 Å². The van der Waals surface area contributed by atoms with Crippen molar-refractivity contribution in [1.82, 2.24) is 5.16 Å². The number of amides is 1. The topological polar surface area (TPSA) is 72.2 Å². The van der Waals surface area contributed by atoms with E-state index in [0.29, 0.717) is 5.76 Å². The molecule has 0 aliphatic rings. The molecule has 1 heterocycles. The minimum absolute atomic E-state index is 0.0759. The third-order valence-electron chi connectivity index (χ3n) is 2.90. The number of anilines is 1. The number of carbonyl (C=O) groups is 1. The molecular formula is C13H19F3N2O3S. The zero-order valence-corrected chi connectivity index (χ0v) is 13.8. The number of nitrogens with zero attached hydrogens (tertiary/aromatic N) is 1. The highest BCUT2D eigenvalue weighted by molar-refractivity contribution is 7.87. The Bertz CT molecular complexity index is 574. The lowest BCUT2D eigenvalue weighted by molar-refractivity contribution is -0.118. The fraction of sp³-hybridized carbons (Fsp3) is 0.692. The van der Waals surface area contributed by atoms with Gasteiger partial charge in [0, 0.05) is 22.3 Å². The van der Waals surface area contributed by atoms with Gasteiger partial charge in [-0.25, -0.2) is 0 Å². The molecule has 0 aliphatic carbocycles. The molecule has 1 rings (SSSR count). The molecule has 9 heteroatoms. The second kappa shape index (κ2) is 6.02. The van der Waals surface area contributed by atoms with E-state index in [1.807, 2.05) is 20.8 Å². The van der Waals surface area contributed by atoms with E-state index >= 15 is 0 Å². The second-order valence-corrected chi connectivity index (χ2v) is 8.40. The highest BCUT2D eigenvalue weighted by atomic mass is 32.2.